The minimum absolute atomic E-state index is 0.258. The fraction of sp³-hybridized carbons (Fsp3) is 0.929. The third-order valence-electron chi connectivity index (χ3n) is 3.89. The summed E-state index contributed by atoms with van der Waals surface area (Å²) in [5.41, 5.74) is 5.97. The van der Waals surface area contributed by atoms with E-state index in [0.717, 1.165) is 25.8 Å². The summed E-state index contributed by atoms with van der Waals surface area (Å²) in [6.07, 6.45) is 6.37. The molecule has 106 valence electrons. The van der Waals surface area contributed by atoms with Crippen LogP contribution in [0, 0.1) is 5.92 Å². The van der Waals surface area contributed by atoms with E-state index in [4.69, 9.17) is 10.5 Å². The van der Waals surface area contributed by atoms with Crippen molar-refractivity contribution in [2.75, 3.05) is 26.8 Å². The first-order valence-electron chi connectivity index (χ1n) is 7.19. The van der Waals surface area contributed by atoms with Crippen molar-refractivity contribution in [3.05, 3.63) is 0 Å². The van der Waals surface area contributed by atoms with Gasteiger partial charge in [0.15, 0.2) is 0 Å². The molecule has 18 heavy (non-hydrogen) atoms. The van der Waals surface area contributed by atoms with E-state index in [9.17, 15) is 4.79 Å². The van der Waals surface area contributed by atoms with Gasteiger partial charge in [0.25, 0.3) is 0 Å². The number of amides is 1. The molecule has 2 N–H and O–H groups in total. The first kappa shape index (κ1) is 15.4. The van der Waals surface area contributed by atoms with Crippen molar-refractivity contribution in [1.29, 1.82) is 0 Å². The van der Waals surface area contributed by atoms with Crippen LogP contribution >= 0.6 is 0 Å². The lowest BCUT2D eigenvalue weighted by molar-refractivity contribution is -0.132. The lowest BCUT2D eigenvalue weighted by Gasteiger charge is -2.27. The SMILES string of the molecule is CCN(CCOC)C(=O)CCC1CCCC(N)C1. The Kier molecular flexibility index (Phi) is 7.28. The summed E-state index contributed by atoms with van der Waals surface area (Å²) in [6.45, 7) is 4.11. The van der Waals surface area contributed by atoms with Gasteiger partial charge in [-0.2, -0.15) is 0 Å². The number of hydrogen-bond acceptors (Lipinski definition) is 3. The van der Waals surface area contributed by atoms with Gasteiger partial charge in [-0.25, -0.2) is 0 Å². The summed E-state index contributed by atoms with van der Waals surface area (Å²) >= 11 is 0. The van der Waals surface area contributed by atoms with Gasteiger partial charge in [-0.1, -0.05) is 12.8 Å². The molecule has 1 fully saturated rings. The Balaban J connectivity index is 2.25. The van der Waals surface area contributed by atoms with Gasteiger partial charge < -0.3 is 15.4 Å². The second-order valence-electron chi connectivity index (χ2n) is 5.30. The Hall–Kier alpha value is -0.610. The van der Waals surface area contributed by atoms with E-state index in [1.165, 1.54) is 12.8 Å². The van der Waals surface area contributed by atoms with Crippen LogP contribution in [0.25, 0.3) is 0 Å². The third-order valence-corrected chi connectivity index (χ3v) is 3.89. The van der Waals surface area contributed by atoms with E-state index in [0.29, 0.717) is 31.5 Å². The highest BCUT2D eigenvalue weighted by atomic mass is 16.5. The molecule has 1 aliphatic rings. The molecule has 1 saturated carbocycles. The van der Waals surface area contributed by atoms with Crippen LogP contribution < -0.4 is 5.73 Å². The monoisotopic (exact) mass is 256 g/mol. The number of likely N-dealkylation sites (N-methyl/N-ethyl adjacent to an activating group) is 1. The quantitative estimate of drug-likeness (QED) is 0.755. The molecule has 0 bridgehead atoms. The molecule has 0 aromatic carbocycles. The second kappa shape index (κ2) is 8.48. The minimum atomic E-state index is 0.258. The Labute approximate surface area is 111 Å². The largest absolute Gasteiger partial charge is 0.383 e. The van der Waals surface area contributed by atoms with Crippen LogP contribution in [0.3, 0.4) is 0 Å². The second-order valence-corrected chi connectivity index (χ2v) is 5.30. The third kappa shape index (κ3) is 5.36. The van der Waals surface area contributed by atoms with Gasteiger partial charge in [-0.3, -0.25) is 4.79 Å². The van der Waals surface area contributed by atoms with Crippen LogP contribution in [0.15, 0.2) is 0 Å². The van der Waals surface area contributed by atoms with Crippen molar-refractivity contribution >= 4 is 5.91 Å². The smallest absolute Gasteiger partial charge is 0.222 e. The molecule has 2 unspecified atom stereocenters. The lowest BCUT2D eigenvalue weighted by Crippen LogP contribution is -2.34. The molecule has 4 nitrogen and oxygen atoms in total. The average Bonchev–Trinajstić information content (AvgIpc) is 2.37. The minimum Gasteiger partial charge on any atom is -0.383 e. The van der Waals surface area contributed by atoms with Crippen LogP contribution in [-0.4, -0.2) is 43.7 Å². The average molecular weight is 256 g/mol. The van der Waals surface area contributed by atoms with E-state index in [-0.39, 0.29) is 5.91 Å². The molecule has 0 saturated heterocycles. The van der Waals surface area contributed by atoms with Crippen LogP contribution in [-0.2, 0) is 9.53 Å². The predicted octanol–water partition coefficient (Wildman–Crippen LogP) is 1.78. The molecule has 0 spiro atoms. The molecule has 0 aromatic rings. The van der Waals surface area contributed by atoms with E-state index < -0.39 is 0 Å². The Morgan fingerprint density at radius 1 is 1.44 bits per heavy atom. The maximum Gasteiger partial charge on any atom is 0.222 e. The van der Waals surface area contributed by atoms with Crippen LogP contribution in [0.2, 0.25) is 0 Å². The molecule has 0 aliphatic heterocycles. The van der Waals surface area contributed by atoms with E-state index in [1.54, 1.807) is 7.11 Å². The Bertz CT molecular complexity index is 246. The van der Waals surface area contributed by atoms with Crippen molar-refractivity contribution in [2.24, 2.45) is 11.7 Å². The molecule has 1 amide bonds. The molecule has 0 heterocycles. The molecule has 1 aliphatic carbocycles. The van der Waals surface area contributed by atoms with Crippen molar-refractivity contribution < 1.29 is 9.53 Å². The normalized spacial score (nSPS) is 23.9. The Morgan fingerprint density at radius 3 is 2.83 bits per heavy atom. The van der Waals surface area contributed by atoms with Crippen molar-refractivity contribution in [2.45, 2.75) is 51.5 Å². The first-order chi connectivity index (χ1) is 8.67. The lowest BCUT2D eigenvalue weighted by atomic mass is 9.83. The maximum atomic E-state index is 12.0. The zero-order valence-electron chi connectivity index (χ0n) is 11.9. The molecule has 0 radical (unpaired) electrons. The molecule has 1 rings (SSSR count). The van der Waals surface area contributed by atoms with Gasteiger partial charge >= 0.3 is 0 Å². The number of rotatable bonds is 7. The zero-order valence-corrected chi connectivity index (χ0v) is 11.9. The number of hydrogen-bond donors (Lipinski definition) is 1. The summed E-state index contributed by atoms with van der Waals surface area (Å²) in [5.74, 6) is 0.910. The topological polar surface area (TPSA) is 55.6 Å². The highest BCUT2D eigenvalue weighted by Gasteiger charge is 2.21. The molecule has 4 heteroatoms. The number of nitrogens with zero attached hydrogens (tertiary/aromatic N) is 1. The molecular weight excluding hydrogens is 228 g/mol. The van der Waals surface area contributed by atoms with E-state index in [1.807, 2.05) is 11.8 Å². The summed E-state index contributed by atoms with van der Waals surface area (Å²) in [7, 11) is 1.67. The molecule has 2 atom stereocenters. The summed E-state index contributed by atoms with van der Waals surface area (Å²) in [5, 5.41) is 0. The number of ether oxygens (including phenoxy) is 1. The van der Waals surface area contributed by atoms with Crippen molar-refractivity contribution in [1.82, 2.24) is 4.90 Å². The van der Waals surface area contributed by atoms with Gasteiger partial charge in [-0.05, 0) is 32.1 Å². The Morgan fingerprint density at radius 2 is 2.22 bits per heavy atom. The van der Waals surface area contributed by atoms with Gasteiger partial charge in [0.2, 0.25) is 5.91 Å². The predicted molar refractivity (Wildman–Crippen MR) is 73.3 cm³/mol. The van der Waals surface area contributed by atoms with Crippen LogP contribution in [0.4, 0.5) is 0 Å². The standard InChI is InChI=1S/C14H28N2O2/c1-3-16(9-10-18-2)14(17)8-7-12-5-4-6-13(15)11-12/h12-13H,3-11,15H2,1-2H3. The van der Waals surface area contributed by atoms with Gasteiger partial charge in [0.1, 0.15) is 0 Å². The summed E-state index contributed by atoms with van der Waals surface area (Å²) in [6, 6.07) is 0.356. The van der Waals surface area contributed by atoms with E-state index in [2.05, 4.69) is 0 Å². The van der Waals surface area contributed by atoms with Gasteiger partial charge in [0, 0.05) is 32.7 Å². The molecular formula is C14H28N2O2. The fourth-order valence-corrected chi connectivity index (χ4v) is 2.74. The van der Waals surface area contributed by atoms with Gasteiger partial charge in [-0.15, -0.1) is 0 Å². The fourth-order valence-electron chi connectivity index (χ4n) is 2.74. The highest BCUT2D eigenvalue weighted by Crippen LogP contribution is 2.27. The number of nitrogens with two attached hydrogens (primary N) is 1. The maximum absolute atomic E-state index is 12.0. The molecule has 0 aromatic heterocycles. The van der Waals surface area contributed by atoms with Crippen molar-refractivity contribution in [3.8, 4) is 0 Å². The highest BCUT2D eigenvalue weighted by molar-refractivity contribution is 5.76. The zero-order chi connectivity index (χ0) is 13.4. The number of carbonyl (C=O) groups excluding carboxylic acids is 1. The number of methoxy groups -OCH3 is 1. The van der Waals surface area contributed by atoms with Crippen LogP contribution in [0.1, 0.15) is 45.4 Å². The van der Waals surface area contributed by atoms with Crippen molar-refractivity contribution in [3.63, 3.8) is 0 Å². The van der Waals surface area contributed by atoms with E-state index >= 15 is 0 Å². The van der Waals surface area contributed by atoms with Crippen LogP contribution in [0.5, 0.6) is 0 Å². The first-order valence-corrected chi connectivity index (χ1v) is 7.19. The van der Waals surface area contributed by atoms with Gasteiger partial charge in [0.05, 0.1) is 6.61 Å². The summed E-state index contributed by atoms with van der Waals surface area (Å²) in [4.78, 5) is 13.9. The summed E-state index contributed by atoms with van der Waals surface area (Å²) < 4.78 is 5.02. The number of carbonyl (C=O) groups is 1.